The molecule has 7 nitrogen and oxygen atoms in total. The van der Waals surface area contributed by atoms with E-state index in [1.54, 1.807) is 17.0 Å². The Hall–Kier alpha value is -2.87. The molecule has 1 saturated heterocycles. The first-order valence-corrected chi connectivity index (χ1v) is 10.7. The lowest BCUT2D eigenvalue weighted by molar-refractivity contribution is -0.113. The number of carbonyl (C=O) groups is 1. The van der Waals surface area contributed by atoms with Crippen LogP contribution in [0.5, 0.6) is 11.5 Å². The summed E-state index contributed by atoms with van der Waals surface area (Å²) in [6, 6.07) is 5.74. The minimum absolute atomic E-state index is 0.208. The Bertz CT molecular complexity index is 1010. The smallest absolute Gasteiger partial charge is 0.281 e. The molecule has 4 rings (SSSR count). The van der Waals surface area contributed by atoms with Crippen molar-refractivity contribution in [3.63, 3.8) is 0 Å². The van der Waals surface area contributed by atoms with Crippen LogP contribution in [0.3, 0.4) is 0 Å². The van der Waals surface area contributed by atoms with Gasteiger partial charge >= 0.3 is 0 Å². The van der Waals surface area contributed by atoms with Crippen LogP contribution in [0.25, 0.3) is 6.08 Å². The molecule has 2 heterocycles. The van der Waals surface area contributed by atoms with Crippen LogP contribution in [0.15, 0.2) is 30.1 Å². The zero-order valence-corrected chi connectivity index (χ0v) is 18.3. The molecule has 1 saturated carbocycles. The number of hydrogen-bond donors (Lipinski definition) is 1. The molecule has 0 spiro atoms. The van der Waals surface area contributed by atoms with E-state index >= 15 is 0 Å². The lowest BCUT2D eigenvalue weighted by Gasteiger charge is -2.17. The Morgan fingerprint density at radius 1 is 1.30 bits per heavy atom. The Morgan fingerprint density at radius 3 is 2.73 bits per heavy atom. The topological polar surface area (TPSA) is 68.6 Å². The number of nitrogens with one attached hydrogen (secondary N) is 1. The zero-order valence-electron chi connectivity index (χ0n) is 17.5. The van der Waals surface area contributed by atoms with Crippen molar-refractivity contribution >= 4 is 35.0 Å². The number of aryl methyl sites for hydroxylation is 2. The fourth-order valence-electron chi connectivity index (χ4n) is 3.89. The largest absolute Gasteiger partial charge is 0.490 e. The van der Waals surface area contributed by atoms with Crippen molar-refractivity contribution in [2.75, 3.05) is 11.5 Å². The fraction of sp³-hybridized carbons (Fsp3) is 0.409. The van der Waals surface area contributed by atoms with Crippen LogP contribution >= 0.6 is 12.2 Å². The Balaban J connectivity index is 1.59. The van der Waals surface area contributed by atoms with E-state index in [9.17, 15) is 4.79 Å². The van der Waals surface area contributed by atoms with Crippen molar-refractivity contribution in [2.45, 2.75) is 45.6 Å². The van der Waals surface area contributed by atoms with Crippen molar-refractivity contribution in [1.82, 2.24) is 15.1 Å². The van der Waals surface area contributed by atoms with Gasteiger partial charge in [-0.25, -0.2) is 4.90 Å². The molecule has 30 heavy (non-hydrogen) atoms. The van der Waals surface area contributed by atoms with Gasteiger partial charge in [0.2, 0.25) is 0 Å². The van der Waals surface area contributed by atoms with E-state index in [4.69, 9.17) is 21.7 Å². The molecule has 158 valence electrons. The molecule has 8 heteroatoms. The fourth-order valence-corrected chi connectivity index (χ4v) is 4.18. The minimum atomic E-state index is -0.208. The number of rotatable bonds is 6. The van der Waals surface area contributed by atoms with Gasteiger partial charge in [-0.1, -0.05) is 6.07 Å². The third-order valence-electron chi connectivity index (χ3n) is 5.28. The van der Waals surface area contributed by atoms with Crippen molar-refractivity contribution in [3.05, 3.63) is 41.4 Å². The van der Waals surface area contributed by atoms with Crippen LogP contribution in [-0.2, 0) is 11.8 Å². The van der Waals surface area contributed by atoms with Gasteiger partial charge in [-0.05, 0) is 75.5 Å². The molecule has 0 radical (unpaired) electrons. The summed E-state index contributed by atoms with van der Waals surface area (Å²) in [4.78, 5) is 14.5. The van der Waals surface area contributed by atoms with Crippen molar-refractivity contribution in [1.29, 1.82) is 0 Å². The van der Waals surface area contributed by atoms with Gasteiger partial charge in [-0.3, -0.25) is 9.48 Å². The number of amides is 1. The first kappa shape index (κ1) is 20.4. The number of anilines is 1. The molecule has 2 aliphatic rings. The quantitative estimate of drug-likeness (QED) is 0.561. The summed E-state index contributed by atoms with van der Waals surface area (Å²) in [7, 11) is 1.81. The Labute approximate surface area is 181 Å². The van der Waals surface area contributed by atoms with Gasteiger partial charge < -0.3 is 14.8 Å². The zero-order chi connectivity index (χ0) is 21.3. The van der Waals surface area contributed by atoms with E-state index in [1.165, 1.54) is 17.7 Å². The van der Waals surface area contributed by atoms with Gasteiger partial charge in [-0.15, -0.1) is 0 Å². The summed E-state index contributed by atoms with van der Waals surface area (Å²) in [5, 5.41) is 7.67. The lowest BCUT2D eigenvalue weighted by Crippen LogP contribution is -2.30. The van der Waals surface area contributed by atoms with Crippen molar-refractivity contribution < 1.29 is 14.3 Å². The summed E-state index contributed by atoms with van der Waals surface area (Å²) in [6.45, 7) is 4.33. The van der Waals surface area contributed by atoms with E-state index in [0.717, 1.165) is 29.8 Å². The molecule has 1 aromatic heterocycles. The average molecular weight is 427 g/mol. The number of thiocarbonyl (C=S) groups is 1. The number of carbonyl (C=O) groups excluding carboxylic acids is 1. The summed E-state index contributed by atoms with van der Waals surface area (Å²) < 4.78 is 13.6. The van der Waals surface area contributed by atoms with Crippen molar-refractivity contribution in [3.8, 4) is 11.5 Å². The van der Waals surface area contributed by atoms with Crippen LogP contribution in [0.4, 0.5) is 5.69 Å². The standard InChI is InChI=1S/C22H26N4O3S/c1-4-28-20-12-15(9-10-19(20)29-16-7-5-6-8-16)11-17-21(27)26(22(30)23-17)18-13-25(3)24-14(18)2/h9-13,16H,4-8H2,1-3H3,(H,23,30)/b17-11+. The van der Waals surface area contributed by atoms with Gasteiger partial charge in [-0.2, -0.15) is 5.10 Å². The molecule has 1 aromatic carbocycles. The first-order valence-electron chi connectivity index (χ1n) is 10.3. The number of aromatic nitrogens is 2. The third-order valence-corrected chi connectivity index (χ3v) is 5.57. The number of hydrogen-bond acceptors (Lipinski definition) is 5. The van der Waals surface area contributed by atoms with E-state index < -0.39 is 0 Å². The highest BCUT2D eigenvalue weighted by molar-refractivity contribution is 7.80. The van der Waals surface area contributed by atoms with Crippen molar-refractivity contribution in [2.24, 2.45) is 7.05 Å². The van der Waals surface area contributed by atoms with Gasteiger partial charge in [0.1, 0.15) is 5.70 Å². The predicted molar refractivity (Wildman–Crippen MR) is 120 cm³/mol. The Kier molecular flexibility index (Phi) is 5.76. The average Bonchev–Trinajstić information content (AvgIpc) is 3.39. The number of nitrogens with zero attached hydrogens (tertiary/aromatic N) is 3. The first-order chi connectivity index (χ1) is 14.5. The van der Waals surface area contributed by atoms with Gasteiger partial charge in [0.25, 0.3) is 5.91 Å². The molecule has 1 aliphatic heterocycles. The molecule has 1 aliphatic carbocycles. The van der Waals surface area contributed by atoms with E-state index in [0.29, 0.717) is 28.9 Å². The highest BCUT2D eigenvalue weighted by Gasteiger charge is 2.34. The maximum atomic E-state index is 13.0. The monoisotopic (exact) mass is 426 g/mol. The third kappa shape index (κ3) is 4.05. The summed E-state index contributed by atoms with van der Waals surface area (Å²) >= 11 is 5.40. The second-order valence-electron chi connectivity index (χ2n) is 7.57. The van der Waals surface area contributed by atoms with Crippen LogP contribution < -0.4 is 19.7 Å². The van der Waals surface area contributed by atoms with Crippen LogP contribution in [0.2, 0.25) is 0 Å². The summed E-state index contributed by atoms with van der Waals surface area (Å²) in [5.74, 6) is 1.23. The summed E-state index contributed by atoms with van der Waals surface area (Å²) in [5.41, 5.74) is 2.66. The van der Waals surface area contributed by atoms with Crippen LogP contribution in [0.1, 0.15) is 43.9 Å². The molecular weight excluding hydrogens is 400 g/mol. The van der Waals surface area contributed by atoms with Crippen LogP contribution in [0, 0.1) is 6.92 Å². The lowest BCUT2D eigenvalue weighted by atomic mass is 10.1. The molecule has 0 atom stereocenters. The minimum Gasteiger partial charge on any atom is -0.490 e. The second kappa shape index (κ2) is 8.47. The molecule has 1 amide bonds. The predicted octanol–water partition coefficient (Wildman–Crippen LogP) is 3.71. The normalized spacial score (nSPS) is 18.4. The molecule has 0 unspecified atom stereocenters. The Morgan fingerprint density at radius 2 is 2.07 bits per heavy atom. The maximum Gasteiger partial charge on any atom is 0.281 e. The molecule has 0 bridgehead atoms. The molecule has 2 aromatic rings. The number of benzene rings is 1. The maximum absolute atomic E-state index is 13.0. The SMILES string of the molecule is CCOc1cc(/C=C2/NC(=S)N(c3cn(C)nc3C)C2=O)ccc1OC1CCCC1. The van der Waals surface area contributed by atoms with E-state index in [1.807, 2.05) is 39.1 Å². The van der Waals surface area contributed by atoms with Crippen LogP contribution in [-0.4, -0.2) is 33.5 Å². The molecular formula is C22H26N4O3S. The second-order valence-corrected chi connectivity index (χ2v) is 7.95. The van der Waals surface area contributed by atoms with E-state index in [2.05, 4.69) is 10.4 Å². The summed E-state index contributed by atoms with van der Waals surface area (Å²) in [6.07, 6.45) is 8.39. The van der Waals surface area contributed by atoms with Gasteiger partial charge in [0, 0.05) is 13.2 Å². The molecule has 1 N–H and O–H groups in total. The highest BCUT2D eigenvalue weighted by Crippen LogP contribution is 2.33. The van der Waals surface area contributed by atoms with E-state index in [-0.39, 0.29) is 12.0 Å². The number of ether oxygens (including phenoxy) is 2. The van der Waals surface area contributed by atoms with Gasteiger partial charge in [0.05, 0.1) is 24.1 Å². The molecule has 2 fully saturated rings. The van der Waals surface area contributed by atoms with Gasteiger partial charge in [0.15, 0.2) is 16.6 Å². The highest BCUT2D eigenvalue weighted by atomic mass is 32.1.